The maximum Gasteiger partial charge on any atom is 0.323 e. The van der Waals surface area contributed by atoms with E-state index in [4.69, 9.17) is 4.74 Å². The molecule has 0 atom stereocenters. The molecule has 0 unspecified atom stereocenters. The van der Waals surface area contributed by atoms with Crippen LogP contribution in [0, 0.1) is 6.92 Å². The molecule has 24 heavy (non-hydrogen) atoms. The molecule has 0 aliphatic rings. The van der Waals surface area contributed by atoms with E-state index in [-0.39, 0.29) is 23.4 Å². The fourth-order valence-corrected chi connectivity index (χ4v) is 2.25. The molecule has 0 aromatic heterocycles. The highest BCUT2D eigenvalue weighted by molar-refractivity contribution is 5.75. The predicted octanol–water partition coefficient (Wildman–Crippen LogP) is 3.88. The van der Waals surface area contributed by atoms with Crippen molar-refractivity contribution >= 4 is 6.03 Å². The summed E-state index contributed by atoms with van der Waals surface area (Å²) >= 11 is 0. The summed E-state index contributed by atoms with van der Waals surface area (Å²) in [4.78, 5) is 13.1. The van der Waals surface area contributed by atoms with Crippen LogP contribution in [0.15, 0.2) is 54.9 Å². The first kappa shape index (κ1) is 17.4. The summed E-state index contributed by atoms with van der Waals surface area (Å²) in [7, 11) is 1.55. The lowest BCUT2D eigenvalue weighted by Gasteiger charge is -2.21. The first-order valence-electron chi connectivity index (χ1n) is 7.71. The highest BCUT2D eigenvalue weighted by atomic mass is 16.5. The fraction of sp³-hybridized carbons (Fsp3) is 0.211. The molecule has 2 aromatic carbocycles. The van der Waals surface area contributed by atoms with Crippen molar-refractivity contribution in [2.45, 2.75) is 13.8 Å². The summed E-state index contributed by atoms with van der Waals surface area (Å²) in [6, 6.07) is 13.0. The lowest BCUT2D eigenvalue weighted by molar-refractivity contribution is 0.197. The molecule has 5 nitrogen and oxygen atoms in total. The minimum absolute atomic E-state index is 0.000646. The molecule has 0 bridgehead atoms. The number of amides is 2. The van der Waals surface area contributed by atoms with Crippen molar-refractivity contribution in [1.29, 1.82) is 0 Å². The normalized spacial score (nSPS) is 10.1. The zero-order chi connectivity index (χ0) is 17.7. The molecule has 2 amide bonds. The van der Waals surface area contributed by atoms with Crippen molar-refractivity contribution in [2.75, 3.05) is 13.6 Å². The maximum atomic E-state index is 11.8. The quantitative estimate of drug-likeness (QED) is 0.820. The second kappa shape index (κ2) is 7.55. The molecule has 5 heteroatoms. The molecule has 2 N–H and O–H groups in total. The first-order chi connectivity index (χ1) is 11.4. The van der Waals surface area contributed by atoms with Crippen LogP contribution in [-0.2, 0) is 0 Å². The average molecular weight is 326 g/mol. The van der Waals surface area contributed by atoms with Crippen LogP contribution in [0.1, 0.15) is 12.5 Å². The topological polar surface area (TPSA) is 61.8 Å². The Morgan fingerprint density at radius 2 is 1.92 bits per heavy atom. The molecular formula is C19H22N2O3. The van der Waals surface area contributed by atoms with Gasteiger partial charge < -0.3 is 15.2 Å². The molecular weight excluding hydrogens is 304 g/mol. The molecule has 0 heterocycles. The molecule has 0 saturated carbocycles. The van der Waals surface area contributed by atoms with E-state index in [0.717, 1.165) is 16.7 Å². The SMILES string of the molecule is C=C(Oc1c(C)cc(-c2ccccc2)cc1O)N(C)C(=O)NCC. The van der Waals surface area contributed by atoms with E-state index < -0.39 is 0 Å². The number of carbonyl (C=O) groups excluding carboxylic acids is 1. The largest absolute Gasteiger partial charge is 0.504 e. The Kier molecular flexibility index (Phi) is 5.47. The molecule has 2 rings (SSSR count). The molecule has 2 aromatic rings. The summed E-state index contributed by atoms with van der Waals surface area (Å²) in [5.74, 6) is 0.418. The summed E-state index contributed by atoms with van der Waals surface area (Å²) in [6.07, 6.45) is 0. The zero-order valence-corrected chi connectivity index (χ0v) is 14.2. The number of hydrogen-bond acceptors (Lipinski definition) is 3. The Hall–Kier alpha value is -2.95. The minimum atomic E-state index is -0.319. The molecule has 0 fully saturated rings. The van der Waals surface area contributed by atoms with Gasteiger partial charge in [0.2, 0.25) is 0 Å². The predicted molar refractivity (Wildman–Crippen MR) is 94.9 cm³/mol. The molecule has 0 radical (unpaired) electrons. The van der Waals surface area contributed by atoms with Crippen LogP contribution in [0.3, 0.4) is 0 Å². The Labute approximate surface area is 142 Å². The Bertz CT molecular complexity index is 719. The maximum absolute atomic E-state index is 11.8. The molecule has 126 valence electrons. The molecule has 0 saturated heterocycles. The molecule has 0 aliphatic heterocycles. The summed E-state index contributed by atoms with van der Waals surface area (Å²) in [5.41, 5.74) is 2.64. The van der Waals surface area contributed by atoms with Crippen molar-refractivity contribution in [1.82, 2.24) is 10.2 Å². The van der Waals surface area contributed by atoms with Crippen LogP contribution in [0.25, 0.3) is 11.1 Å². The average Bonchev–Trinajstić information content (AvgIpc) is 2.58. The Morgan fingerprint density at radius 3 is 2.50 bits per heavy atom. The summed E-state index contributed by atoms with van der Waals surface area (Å²) < 4.78 is 5.62. The van der Waals surface area contributed by atoms with E-state index in [1.807, 2.05) is 50.2 Å². The van der Waals surface area contributed by atoms with Gasteiger partial charge in [-0.3, -0.25) is 4.90 Å². The number of urea groups is 1. The number of aryl methyl sites for hydroxylation is 1. The third-order valence-corrected chi connectivity index (χ3v) is 3.59. The van der Waals surface area contributed by atoms with Gasteiger partial charge in [0, 0.05) is 13.6 Å². The first-order valence-corrected chi connectivity index (χ1v) is 7.71. The molecule has 0 spiro atoms. The van der Waals surface area contributed by atoms with Gasteiger partial charge in [-0.1, -0.05) is 30.3 Å². The van der Waals surface area contributed by atoms with E-state index >= 15 is 0 Å². The monoisotopic (exact) mass is 326 g/mol. The van der Waals surface area contributed by atoms with Gasteiger partial charge in [0.25, 0.3) is 0 Å². The number of nitrogens with one attached hydrogen (secondary N) is 1. The second-order valence-electron chi connectivity index (χ2n) is 5.40. The van der Waals surface area contributed by atoms with E-state index in [0.29, 0.717) is 6.54 Å². The van der Waals surface area contributed by atoms with Crippen molar-refractivity contribution in [3.8, 4) is 22.6 Å². The van der Waals surface area contributed by atoms with Crippen molar-refractivity contribution in [2.24, 2.45) is 0 Å². The van der Waals surface area contributed by atoms with Gasteiger partial charge >= 0.3 is 6.03 Å². The Balaban J connectivity index is 2.23. The number of phenols is 1. The van der Waals surface area contributed by atoms with E-state index in [1.54, 1.807) is 13.1 Å². The fourth-order valence-electron chi connectivity index (χ4n) is 2.25. The number of rotatable bonds is 5. The van der Waals surface area contributed by atoms with Crippen LogP contribution in [0.5, 0.6) is 11.5 Å². The summed E-state index contributed by atoms with van der Waals surface area (Å²) in [5, 5.41) is 13.0. The number of hydrogen-bond donors (Lipinski definition) is 2. The van der Waals surface area contributed by atoms with E-state index in [9.17, 15) is 9.90 Å². The van der Waals surface area contributed by atoms with Crippen molar-refractivity contribution in [3.63, 3.8) is 0 Å². The number of nitrogens with zero attached hydrogens (tertiary/aromatic N) is 1. The van der Waals surface area contributed by atoms with Gasteiger partial charge in [0.1, 0.15) is 0 Å². The Morgan fingerprint density at radius 1 is 1.25 bits per heavy atom. The van der Waals surface area contributed by atoms with Crippen LogP contribution in [-0.4, -0.2) is 29.6 Å². The van der Waals surface area contributed by atoms with Gasteiger partial charge in [-0.15, -0.1) is 0 Å². The van der Waals surface area contributed by atoms with Crippen LogP contribution in [0.2, 0.25) is 0 Å². The van der Waals surface area contributed by atoms with Gasteiger partial charge in [0.05, 0.1) is 0 Å². The van der Waals surface area contributed by atoms with Crippen molar-refractivity contribution in [3.05, 3.63) is 60.5 Å². The van der Waals surface area contributed by atoms with Gasteiger partial charge in [-0.2, -0.15) is 0 Å². The van der Waals surface area contributed by atoms with E-state index in [1.165, 1.54) is 4.90 Å². The van der Waals surface area contributed by atoms with Gasteiger partial charge in [-0.25, -0.2) is 4.79 Å². The highest BCUT2D eigenvalue weighted by Crippen LogP contribution is 2.36. The number of aromatic hydroxyl groups is 1. The molecule has 0 aliphatic carbocycles. The lowest BCUT2D eigenvalue weighted by atomic mass is 10.0. The lowest BCUT2D eigenvalue weighted by Crippen LogP contribution is -2.37. The summed E-state index contributed by atoms with van der Waals surface area (Å²) in [6.45, 7) is 7.92. The van der Waals surface area contributed by atoms with Crippen LogP contribution >= 0.6 is 0 Å². The van der Waals surface area contributed by atoms with E-state index in [2.05, 4.69) is 11.9 Å². The van der Waals surface area contributed by atoms with Crippen LogP contribution < -0.4 is 10.1 Å². The standard InChI is InChI=1S/C19H22N2O3/c1-5-20-19(23)21(4)14(3)24-18-13(2)11-16(12-17(18)22)15-9-7-6-8-10-15/h6-12,22H,3,5H2,1-2,4H3,(H,20,23). The smallest absolute Gasteiger partial charge is 0.323 e. The van der Waals surface area contributed by atoms with Gasteiger partial charge in [0.15, 0.2) is 17.4 Å². The van der Waals surface area contributed by atoms with Gasteiger partial charge in [-0.05, 0) is 49.2 Å². The third-order valence-electron chi connectivity index (χ3n) is 3.59. The number of benzene rings is 2. The number of carbonyl (C=O) groups is 1. The second-order valence-corrected chi connectivity index (χ2v) is 5.40. The zero-order valence-electron chi connectivity index (χ0n) is 14.2. The van der Waals surface area contributed by atoms with Crippen molar-refractivity contribution < 1.29 is 14.6 Å². The van der Waals surface area contributed by atoms with Crippen LogP contribution in [0.4, 0.5) is 4.79 Å². The number of ether oxygens (including phenoxy) is 1. The number of phenolic OH excluding ortho intramolecular Hbond substituents is 1. The minimum Gasteiger partial charge on any atom is -0.504 e. The highest BCUT2D eigenvalue weighted by Gasteiger charge is 2.16. The third kappa shape index (κ3) is 3.87.